The minimum atomic E-state index is -0.384. The molecule has 1 unspecified atom stereocenters. The van der Waals surface area contributed by atoms with E-state index in [1.54, 1.807) is 0 Å². The van der Waals surface area contributed by atoms with Crippen LogP contribution in [0.3, 0.4) is 0 Å². The zero-order chi connectivity index (χ0) is 16.6. The van der Waals surface area contributed by atoms with Crippen molar-refractivity contribution in [3.63, 3.8) is 0 Å². The number of nitrogens with two attached hydrogens (primary N) is 2. The van der Waals surface area contributed by atoms with E-state index in [4.69, 9.17) is 16.5 Å². The molecule has 24 heavy (non-hydrogen) atoms. The highest BCUT2D eigenvalue weighted by atomic mass is 14.8. The van der Waals surface area contributed by atoms with Crippen molar-refractivity contribution in [3.8, 4) is 0 Å². The van der Waals surface area contributed by atoms with Crippen molar-refractivity contribution < 1.29 is 0 Å². The molecular weight excluding hydrogens is 294 g/mol. The lowest BCUT2D eigenvalue weighted by Gasteiger charge is -2.37. The number of anilines is 1. The third-order valence-electron chi connectivity index (χ3n) is 5.24. The first-order valence-corrected chi connectivity index (χ1v) is 8.68. The third kappa shape index (κ3) is 2.55. The average molecular weight is 317 g/mol. The summed E-state index contributed by atoms with van der Waals surface area (Å²) in [6, 6.07) is 18.6. The largest absolute Gasteiger partial charge is 0.398 e. The molecule has 4 rings (SSSR count). The predicted octanol–water partition coefficient (Wildman–Crippen LogP) is 3.94. The highest BCUT2D eigenvalue weighted by molar-refractivity contribution is 5.92. The molecule has 122 valence electrons. The summed E-state index contributed by atoms with van der Waals surface area (Å²) in [6.07, 6.45) is 4.87. The number of rotatable bonds is 3. The quantitative estimate of drug-likeness (QED) is 0.769. The van der Waals surface area contributed by atoms with Crippen LogP contribution in [0.15, 0.2) is 54.6 Å². The second kappa shape index (κ2) is 5.91. The van der Waals surface area contributed by atoms with Gasteiger partial charge in [0.2, 0.25) is 0 Å². The number of benzene rings is 2. The molecule has 0 radical (unpaired) electrons. The van der Waals surface area contributed by atoms with Gasteiger partial charge in [0, 0.05) is 27.9 Å². The number of nitrogen functional groups attached to an aromatic ring is 1. The normalized spacial score (nSPS) is 20.0. The second-order valence-corrected chi connectivity index (χ2v) is 6.86. The summed E-state index contributed by atoms with van der Waals surface area (Å²) in [5, 5.41) is 1.02. The van der Waals surface area contributed by atoms with Crippen molar-refractivity contribution in [2.75, 3.05) is 5.73 Å². The fraction of sp³-hybridized carbons (Fsp3) is 0.286. The molecule has 1 aromatic heterocycles. The third-order valence-corrected chi connectivity index (χ3v) is 5.24. The SMILES string of the molecule is Nc1c2c(nc3ccccc13)CCCC2(N)CCc1ccccc1. The summed E-state index contributed by atoms with van der Waals surface area (Å²) in [5.41, 5.74) is 18.4. The Balaban J connectivity index is 1.75. The number of pyridine rings is 1. The highest BCUT2D eigenvalue weighted by Gasteiger charge is 2.35. The van der Waals surface area contributed by atoms with Crippen LogP contribution in [0, 0.1) is 0 Å². The molecule has 0 spiro atoms. The maximum absolute atomic E-state index is 6.89. The van der Waals surface area contributed by atoms with E-state index in [9.17, 15) is 0 Å². The first-order chi connectivity index (χ1) is 11.7. The minimum absolute atomic E-state index is 0.384. The molecule has 1 aliphatic rings. The first-order valence-electron chi connectivity index (χ1n) is 8.68. The van der Waals surface area contributed by atoms with Crippen LogP contribution < -0.4 is 11.5 Å². The summed E-state index contributed by atoms with van der Waals surface area (Å²) in [7, 11) is 0. The van der Waals surface area contributed by atoms with Gasteiger partial charge in [-0.25, -0.2) is 0 Å². The molecule has 0 bridgehead atoms. The van der Waals surface area contributed by atoms with Crippen molar-refractivity contribution in [2.24, 2.45) is 5.73 Å². The van der Waals surface area contributed by atoms with Crippen LogP contribution in [-0.4, -0.2) is 4.98 Å². The van der Waals surface area contributed by atoms with Crippen LogP contribution in [0.2, 0.25) is 0 Å². The van der Waals surface area contributed by atoms with Crippen molar-refractivity contribution in [1.29, 1.82) is 0 Å². The van der Waals surface area contributed by atoms with Gasteiger partial charge in [-0.05, 0) is 43.7 Å². The number of hydrogen-bond donors (Lipinski definition) is 2. The molecule has 3 aromatic rings. The van der Waals surface area contributed by atoms with Crippen molar-refractivity contribution >= 4 is 16.6 Å². The van der Waals surface area contributed by atoms with Crippen molar-refractivity contribution in [3.05, 3.63) is 71.4 Å². The van der Waals surface area contributed by atoms with Crippen LogP contribution in [0.5, 0.6) is 0 Å². The van der Waals surface area contributed by atoms with Gasteiger partial charge in [0.1, 0.15) is 0 Å². The average Bonchev–Trinajstić information content (AvgIpc) is 2.61. The Labute approximate surface area is 142 Å². The first kappa shape index (κ1) is 15.2. The molecule has 0 saturated carbocycles. The Morgan fingerprint density at radius 3 is 2.58 bits per heavy atom. The van der Waals surface area contributed by atoms with Crippen molar-refractivity contribution in [2.45, 2.75) is 37.6 Å². The lowest BCUT2D eigenvalue weighted by Crippen LogP contribution is -2.41. The number of aryl methyl sites for hydroxylation is 2. The van der Waals surface area contributed by atoms with Crippen LogP contribution in [-0.2, 0) is 18.4 Å². The maximum atomic E-state index is 6.89. The summed E-state index contributed by atoms with van der Waals surface area (Å²) in [5.74, 6) is 0. The minimum Gasteiger partial charge on any atom is -0.398 e. The number of fused-ring (bicyclic) bond motifs is 2. The van der Waals surface area contributed by atoms with Gasteiger partial charge in [0.25, 0.3) is 0 Å². The fourth-order valence-corrected chi connectivity index (χ4v) is 3.99. The molecular formula is C21H23N3. The standard InChI is InChI=1S/C21H23N3/c22-20-16-9-4-5-10-17(16)24-18-11-6-13-21(23,19(18)20)14-12-15-7-2-1-3-8-15/h1-5,7-10H,6,11-14,23H2,(H2,22,24). The van der Waals surface area contributed by atoms with E-state index in [1.807, 2.05) is 30.3 Å². The van der Waals surface area contributed by atoms with Gasteiger partial charge in [-0.3, -0.25) is 4.98 Å². The van der Waals surface area contributed by atoms with E-state index in [0.29, 0.717) is 0 Å². The smallest absolute Gasteiger partial charge is 0.0726 e. The summed E-state index contributed by atoms with van der Waals surface area (Å²) in [6.45, 7) is 0. The Hall–Kier alpha value is -2.39. The molecule has 0 aliphatic heterocycles. The topological polar surface area (TPSA) is 64.9 Å². The van der Waals surface area contributed by atoms with Gasteiger partial charge in [-0.1, -0.05) is 48.5 Å². The number of hydrogen-bond acceptors (Lipinski definition) is 3. The molecule has 2 aromatic carbocycles. The molecule has 0 saturated heterocycles. The molecule has 0 fully saturated rings. The Bertz CT molecular complexity index is 873. The fourth-order valence-electron chi connectivity index (χ4n) is 3.99. The van der Waals surface area contributed by atoms with Crippen LogP contribution in [0.4, 0.5) is 5.69 Å². The number of nitrogens with zero attached hydrogens (tertiary/aromatic N) is 1. The van der Waals surface area contributed by atoms with E-state index in [-0.39, 0.29) is 5.54 Å². The Morgan fingerprint density at radius 2 is 1.75 bits per heavy atom. The zero-order valence-corrected chi connectivity index (χ0v) is 13.8. The van der Waals surface area contributed by atoms with Crippen molar-refractivity contribution in [1.82, 2.24) is 4.98 Å². The molecule has 3 heteroatoms. The summed E-state index contributed by atoms with van der Waals surface area (Å²) in [4.78, 5) is 4.87. The van der Waals surface area contributed by atoms with Crippen LogP contribution >= 0.6 is 0 Å². The highest BCUT2D eigenvalue weighted by Crippen LogP contribution is 2.41. The lowest BCUT2D eigenvalue weighted by molar-refractivity contribution is 0.345. The Morgan fingerprint density at radius 1 is 1.00 bits per heavy atom. The summed E-state index contributed by atoms with van der Waals surface area (Å²) < 4.78 is 0. The van der Waals surface area contributed by atoms with E-state index >= 15 is 0 Å². The predicted molar refractivity (Wildman–Crippen MR) is 99.7 cm³/mol. The van der Waals surface area contributed by atoms with Gasteiger partial charge in [0.05, 0.1) is 5.52 Å². The molecule has 0 amide bonds. The van der Waals surface area contributed by atoms with Gasteiger partial charge < -0.3 is 11.5 Å². The summed E-state index contributed by atoms with van der Waals surface area (Å²) >= 11 is 0. The number of para-hydroxylation sites is 1. The van der Waals surface area contributed by atoms with E-state index in [1.165, 1.54) is 5.56 Å². The molecule has 3 nitrogen and oxygen atoms in total. The molecule has 1 atom stereocenters. The van der Waals surface area contributed by atoms with Gasteiger partial charge >= 0.3 is 0 Å². The van der Waals surface area contributed by atoms with Gasteiger partial charge in [-0.2, -0.15) is 0 Å². The van der Waals surface area contributed by atoms with Gasteiger partial charge in [-0.15, -0.1) is 0 Å². The van der Waals surface area contributed by atoms with Crippen LogP contribution in [0.25, 0.3) is 10.9 Å². The second-order valence-electron chi connectivity index (χ2n) is 6.86. The molecule has 4 N–H and O–H groups in total. The molecule has 1 aliphatic carbocycles. The van der Waals surface area contributed by atoms with Gasteiger partial charge in [0.15, 0.2) is 0 Å². The molecule has 1 heterocycles. The van der Waals surface area contributed by atoms with E-state index in [2.05, 4.69) is 24.3 Å². The lowest BCUT2D eigenvalue weighted by atomic mass is 9.74. The maximum Gasteiger partial charge on any atom is 0.0726 e. The van der Waals surface area contributed by atoms with E-state index < -0.39 is 0 Å². The zero-order valence-electron chi connectivity index (χ0n) is 13.8. The van der Waals surface area contributed by atoms with E-state index in [0.717, 1.165) is 60.0 Å². The Kier molecular flexibility index (Phi) is 3.73. The number of aromatic nitrogens is 1. The van der Waals surface area contributed by atoms with Crippen LogP contribution in [0.1, 0.15) is 36.1 Å². The monoisotopic (exact) mass is 317 g/mol.